The minimum Gasteiger partial charge on any atom is -0.494 e. The number of methoxy groups -OCH3 is 3. The van der Waals surface area contributed by atoms with Crippen molar-refractivity contribution in [1.82, 2.24) is 20.2 Å². The quantitative estimate of drug-likeness (QED) is 0.190. The molecule has 0 aliphatic carbocycles. The van der Waals surface area contributed by atoms with Crippen LogP contribution in [0, 0.1) is 25.5 Å². The molecule has 0 radical (unpaired) electrons. The molecule has 0 aliphatic heterocycles. The predicted octanol–water partition coefficient (Wildman–Crippen LogP) is 6.23. The molecular weight excluding hydrogens is 546 g/mol. The van der Waals surface area contributed by atoms with Crippen LogP contribution in [0.4, 0.5) is 8.78 Å². The molecule has 5 aromatic rings. The number of pyridine rings is 2. The molecule has 9 nitrogen and oxygen atoms in total. The minimum atomic E-state index is -0.676. The number of halogens is 2. The van der Waals surface area contributed by atoms with Crippen LogP contribution in [0.5, 0.6) is 28.9 Å². The van der Waals surface area contributed by atoms with Gasteiger partial charge in [0.2, 0.25) is 0 Å². The van der Waals surface area contributed by atoms with Gasteiger partial charge in [-0.2, -0.15) is 5.10 Å². The van der Waals surface area contributed by atoms with Crippen molar-refractivity contribution >= 4 is 16.8 Å². The third kappa shape index (κ3) is 5.40. The highest BCUT2D eigenvalue weighted by molar-refractivity contribution is 6.02. The fraction of sp³-hybridized carbons (Fsp3) is 0.194. The molecule has 0 fully saturated rings. The molecule has 42 heavy (non-hydrogen) atoms. The normalized spacial score (nSPS) is 10.9. The zero-order valence-corrected chi connectivity index (χ0v) is 23.5. The Hall–Kier alpha value is -5.19. The SMILES string of the molecule is COc1cc2nccc(Oc3ccc(CC(=O)c4c(C)nnc(-c5ccc(F)cc5C)c4OC)cc3F)c2nc1OC. The number of fused-ring (bicyclic) bond motifs is 1. The van der Waals surface area contributed by atoms with Crippen molar-refractivity contribution in [3.8, 4) is 40.1 Å². The van der Waals surface area contributed by atoms with Gasteiger partial charge in [0, 0.05) is 30.3 Å². The van der Waals surface area contributed by atoms with E-state index in [2.05, 4.69) is 20.2 Å². The molecule has 5 rings (SSSR count). The average Bonchev–Trinajstić information content (AvgIpc) is 2.97. The Labute approximate surface area is 240 Å². The number of hydrogen-bond donors (Lipinski definition) is 0. The van der Waals surface area contributed by atoms with Crippen molar-refractivity contribution in [3.63, 3.8) is 0 Å². The number of nitrogens with zero attached hydrogens (tertiary/aromatic N) is 4. The van der Waals surface area contributed by atoms with E-state index < -0.39 is 11.6 Å². The van der Waals surface area contributed by atoms with Crippen molar-refractivity contribution in [2.24, 2.45) is 0 Å². The second-order valence-electron chi connectivity index (χ2n) is 9.35. The number of aryl methyl sites for hydroxylation is 2. The summed E-state index contributed by atoms with van der Waals surface area (Å²) in [6.45, 7) is 3.37. The van der Waals surface area contributed by atoms with Crippen molar-refractivity contribution in [3.05, 3.63) is 88.7 Å². The fourth-order valence-corrected chi connectivity index (χ4v) is 4.62. The molecule has 214 valence electrons. The lowest BCUT2D eigenvalue weighted by Gasteiger charge is -2.15. The van der Waals surface area contributed by atoms with Gasteiger partial charge in [-0.25, -0.2) is 13.8 Å². The Balaban J connectivity index is 1.43. The number of benzene rings is 2. The number of carbonyl (C=O) groups is 1. The number of ketones is 1. The van der Waals surface area contributed by atoms with E-state index in [-0.39, 0.29) is 40.9 Å². The van der Waals surface area contributed by atoms with Crippen LogP contribution in [0.2, 0.25) is 0 Å². The van der Waals surface area contributed by atoms with Gasteiger partial charge < -0.3 is 18.9 Å². The van der Waals surface area contributed by atoms with Crippen LogP contribution in [0.1, 0.15) is 27.2 Å². The maximum absolute atomic E-state index is 15.2. The lowest BCUT2D eigenvalue weighted by molar-refractivity contribution is 0.0988. The summed E-state index contributed by atoms with van der Waals surface area (Å²) < 4.78 is 50.9. The highest BCUT2D eigenvalue weighted by atomic mass is 19.1. The summed E-state index contributed by atoms with van der Waals surface area (Å²) >= 11 is 0. The molecule has 0 saturated carbocycles. The van der Waals surface area contributed by atoms with Gasteiger partial charge in [-0.1, -0.05) is 6.07 Å². The molecule has 0 N–H and O–H groups in total. The smallest absolute Gasteiger partial charge is 0.257 e. The Morgan fingerprint density at radius 2 is 1.67 bits per heavy atom. The lowest BCUT2D eigenvalue weighted by atomic mass is 9.97. The van der Waals surface area contributed by atoms with Crippen LogP contribution >= 0.6 is 0 Å². The summed E-state index contributed by atoms with van der Waals surface area (Å²) in [5.74, 6) is -0.388. The van der Waals surface area contributed by atoms with E-state index in [1.807, 2.05) is 0 Å². The first-order valence-electron chi connectivity index (χ1n) is 12.8. The first-order valence-corrected chi connectivity index (χ1v) is 12.8. The third-order valence-corrected chi connectivity index (χ3v) is 6.63. The van der Waals surface area contributed by atoms with E-state index in [1.54, 1.807) is 38.1 Å². The van der Waals surface area contributed by atoms with E-state index in [1.165, 1.54) is 51.8 Å². The molecule has 2 aromatic carbocycles. The number of hydrogen-bond acceptors (Lipinski definition) is 9. The zero-order valence-electron chi connectivity index (χ0n) is 23.5. The van der Waals surface area contributed by atoms with Gasteiger partial charge in [-0.3, -0.25) is 9.78 Å². The summed E-state index contributed by atoms with van der Waals surface area (Å²) in [5, 5.41) is 8.37. The lowest BCUT2D eigenvalue weighted by Crippen LogP contribution is -2.12. The molecule has 3 heterocycles. The average molecular weight is 573 g/mol. The second-order valence-corrected chi connectivity index (χ2v) is 9.35. The predicted molar refractivity (Wildman–Crippen MR) is 151 cm³/mol. The maximum atomic E-state index is 15.2. The third-order valence-electron chi connectivity index (χ3n) is 6.63. The Bertz CT molecular complexity index is 1830. The maximum Gasteiger partial charge on any atom is 0.257 e. The van der Waals surface area contributed by atoms with Gasteiger partial charge in [0.15, 0.2) is 34.6 Å². The molecule has 3 aromatic heterocycles. The van der Waals surface area contributed by atoms with E-state index in [0.29, 0.717) is 44.9 Å². The minimum absolute atomic E-state index is 0.0660. The molecule has 0 amide bonds. The summed E-state index contributed by atoms with van der Waals surface area (Å²) in [5.41, 5.74) is 3.30. The summed E-state index contributed by atoms with van der Waals surface area (Å²) in [4.78, 5) is 22.2. The van der Waals surface area contributed by atoms with Crippen molar-refractivity contribution < 1.29 is 32.5 Å². The van der Waals surface area contributed by atoms with Crippen LogP contribution in [0.15, 0.2) is 54.7 Å². The van der Waals surface area contributed by atoms with Gasteiger partial charge in [-0.05, 0) is 55.3 Å². The number of aromatic nitrogens is 4. The van der Waals surface area contributed by atoms with E-state index in [0.717, 1.165) is 0 Å². The Morgan fingerprint density at radius 3 is 2.36 bits per heavy atom. The Morgan fingerprint density at radius 1 is 0.857 bits per heavy atom. The van der Waals surface area contributed by atoms with Gasteiger partial charge >= 0.3 is 0 Å². The van der Waals surface area contributed by atoms with Crippen LogP contribution in [0.25, 0.3) is 22.3 Å². The van der Waals surface area contributed by atoms with E-state index in [9.17, 15) is 9.18 Å². The van der Waals surface area contributed by atoms with Gasteiger partial charge in [0.05, 0.1) is 38.1 Å². The first-order chi connectivity index (χ1) is 20.2. The van der Waals surface area contributed by atoms with Gasteiger partial charge in [0.25, 0.3) is 5.88 Å². The van der Waals surface area contributed by atoms with Crippen molar-refractivity contribution in [2.75, 3.05) is 21.3 Å². The molecule has 0 aliphatic rings. The van der Waals surface area contributed by atoms with Crippen molar-refractivity contribution in [1.29, 1.82) is 0 Å². The number of rotatable bonds is 9. The number of carbonyl (C=O) groups excluding carboxylic acids is 1. The molecule has 0 bridgehead atoms. The summed E-state index contributed by atoms with van der Waals surface area (Å²) in [7, 11) is 4.36. The Kier molecular flexibility index (Phi) is 7.92. The van der Waals surface area contributed by atoms with Crippen molar-refractivity contribution in [2.45, 2.75) is 20.3 Å². The van der Waals surface area contributed by atoms with E-state index in [4.69, 9.17) is 18.9 Å². The standard InChI is InChI=1S/C31H26F2N4O5/c1-16-12-19(32)7-8-20(16)28-30(40-4)27(17(2)36-37-28)23(38)14-18-6-9-24(21(33)13-18)42-25-10-11-34-22-15-26(39-3)31(41-5)35-29(22)25/h6-13,15H,14H2,1-5H3. The summed E-state index contributed by atoms with van der Waals surface area (Å²) in [6, 6.07) is 11.7. The fourth-order valence-electron chi connectivity index (χ4n) is 4.62. The number of Topliss-reactive ketones (excluding diaryl/α,β-unsaturated/α-hetero) is 1. The van der Waals surface area contributed by atoms with Crippen LogP contribution in [-0.4, -0.2) is 47.3 Å². The molecule has 0 spiro atoms. The van der Waals surface area contributed by atoms with Gasteiger partial charge in [-0.15, -0.1) is 5.10 Å². The monoisotopic (exact) mass is 572 g/mol. The molecule has 0 atom stereocenters. The molecule has 0 unspecified atom stereocenters. The zero-order chi connectivity index (χ0) is 30.0. The second kappa shape index (κ2) is 11.7. The largest absolute Gasteiger partial charge is 0.494 e. The van der Waals surface area contributed by atoms with E-state index >= 15 is 4.39 Å². The topological polar surface area (TPSA) is 106 Å². The van der Waals surface area contributed by atoms with Gasteiger partial charge in [0.1, 0.15) is 17.0 Å². The molecule has 11 heteroatoms. The first kappa shape index (κ1) is 28.3. The number of ether oxygens (including phenoxy) is 4. The van der Waals surface area contributed by atoms with Crippen LogP contribution in [-0.2, 0) is 6.42 Å². The van der Waals surface area contributed by atoms with Crippen LogP contribution < -0.4 is 18.9 Å². The van der Waals surface area contributed by atoms with Crippen LogP contribution in [0.3, 0.4) is 0 Å². The highest BCUT2D eigenvalue weighted by Crippen LogP contribution is 2.36. The summed E-state index contributed by atoms with van der Waals surface area (Å²) in [6.07, 6.45) is 1.37. The molecule has 0 saturated heterocycles. The molecular formula is C31H26F2N4O5. The highest BCUT2D eigenvalue weighted by Gasteiger charge is 2.24.